The number of rotatable bonds is 5. The van der Waals surface area contributed by atoms with E-state index in [1.807, 2.05) is 0 Å². The van der Waals surface area contributed by atoms with Crippen molar-refractivity contribution < 1.29 is 4.79 Å². The zero-order valence-electron chi connectivity index (χ0n) is 14.1. The van der Waals surface area contributed by atoms with Gasteiger partial charge in [-0.15, -0.1) is 10.2 Å². The maximum Gasteiger partial charge on any atom is 0.231 e. The predicted molar refractivity (Wildman–Crippen MR) is 101 cm³/mol. The maximum absolute atomic E-state index is 12.3. The van der Waals surface area contributed by atoms with Crippen molar-refractivity contribution in [3.63, 3.8) is 0 Å². The average molecular weight is 391 g/mol. The molecular formula is C17H19ClN6OS. The Balaban J connectivity index is 1.62. The van der Waals surface area contributed by atoms with Crippen LogP contribution in [0.4, 0.5) is 0 Å². The van der Waals surface area contributed by atoms with Gasteiger partial charge in [-0.05, 0) is 37.1 Å². The molecule has 0 aliphatic heterocycles. The molecule has 1 heterocycles. The molecule has 1 amide bonds. The van der Waals surface area contributed by atoms with Crippen molar-refractivity contribution in [3.8, 4) is 17.5 Å². The quantitative estimate of drug-likeness (QED) is 0.600. The molecule has 26 heavy (non-hydrogen) atoms. The lowest BCUT2D eigenvalue weighted by molar-refractivity contribution is -0.120. The van der Waals surface area contributed by atoms with E-state index in [-0.39, 0.29) is 11.7 Å². The van der Waals surface area contributed by atoms with E-state index in [0.717, 1.165) is 24.8 Å². The maximum atomic E-state index is 12.3. The monoisotopic (exact) mass is 390 g/mol. The molecule has 1 aromatic heterocycles. The molecule has 1 aliphatic carbocycles. The highest BCUT2D eigenvalue weighted by Gasteiger charge is 2.33. The number of hydrogen-bond acceptors (Lipinski definition) is 6. The van der Waals surface area contributed by atoms with E-state index in [4.69, 9.17) is 17.4 Å². The van der Waals surface area contributed by atoms with E-state index >= 15 is 0 Å². The van der Waals surface area contributed by atoms with Crippen molar-refractivity contribution in [2.24, 2.45) is 0 Å². The predicted octanol–water partition coefficient (Wildman–Crippen LogP) is 2.75. The third-order valence-corrected chi connectivity index (χ3v) is 5.59. The third kappa shape index (κ3) is 4.11. The molecule has 1 fully saturated rings. The highest BCUT2D eigenvalue weighted by Crippen LogP contribution is 2.28. The molecule has 0 atom stereocenters. The molecule has 1 saturated carbocycles. The second-order valence-corrected chi connectivity index (χ2v) is 7.65. The van der Waals surface area contributed by atoms with E-state index in [0.29, 0.717) is 28.8 Å². The number of halogens is 1. The number of amides is 1. The van der Waals surface area contributed by atoms with Crippen LogP contribution in [0.15, 0.2) is 29.4 Å². The van der Waals surface area contributed by atoms with Crippen molar-refractivity contribution >= 4 is 29.3 Å². The Bertz CT molecular complexity index is 823. The fourth-order valence-corrected chi connectivity index (χ4v) is 3.81. The molecule has 2 aromatic rings. The van der Waals surface area contributed by atoms with Gasteiger partial charge in [-0.1, -0.05) is 42.6 Å². The Morgan fingerprint density at radius 1 is 1.31 bits per heavy atom. The van der Waals surface area contributed by atoms with Crippen LogP contribution in [0, 0.1) is 11.3 Å². The zero-order chi connectivity index (χ0) is 18.6. The summed E-state index contributed by atoms with van der Waals surface area (Å²) in [5.74, 6) is 6.47. The van der Waals surface area contributed by atoms with Gasteiger partial charge in [-0.25, -0.2) is 4.68 Å². The number of carbonyl (C=O) groups is 1. The first-order chi connectivity index (χ1) is 12.5. The van der Waals surface area contributed by atoms with Crippen LogP contribution in [-0.2, 0) is 4.79 Å². The number of benzene rings is 1. The summed E-state index contributed by atoms with van der Waals surface area (Å²) in [7, 11) is 0. The fourth-order valence-electron chi connectivity index (χ4n) is 3.02. The summed E-state index contributed by atoms with van der Waals surface area (Å²) in [6.45, 7) is 0. The largest absolute Gasteiger partial charge is 0.337 e. The van der Waals surface area contributed by atoms with E-state index in [1.54, 1.807) is 24.3 Å². The lowest BCUT2D eigenvalue weighted by Gasteiger charge is -2.31. The number of nitrogens with two attached hydrogens (primary N) is 1. The fraction of sp³-hybridized carbons (Fsp3) is 0.412. The number of nitriles is 1. The lowest BCUT2D eigenvalue weighted by Crippen LogP contribution is -2.49. The number of nitrogen functional groups attached to an aromatic ring is 1. The van der Waals surface area contributed by atoms with Crippen LogP contribution in [0.25, 0.3) is 11.4 Å². The topological polar surface area (TPSA) is 110 Å². The Kier molecular flexibility index (Phi) is 5.69. The van der Waals surface area contributed by atoms with Crippen LogP contribution < -0.4 is 11.2 Å². The van der Waals surface area contributed by atoms with Crippen LogP contribution >= 0.6 is 23.4 Å². The Labute approximate surface area is 160 Å². The minimum absolute atomic E-state index is 0.124. The lowest BCUT2D eigenvalue weighted by atomic mass is 9.83. The van der Waals surface area contributed by atoms with E-state index in [9.17, 15) is 10.1 Å². The summed E-state index contributed by atoms with van der Waals surface area (Å²) in [6.07, 6.45) is 4.43. The van der Waals surface area contributed by atoms with Crippen LogP contribution in [-0.4, -0.2) is 32.1 Å². The van der Waals surface area contributed by atoms with Crippen LogP contribution in [0.1, 0.15) is 32.1 Å². The second kappa shape index (κ2) is 7.98. The molecule has 0 bridgehead atoms. The molecule has 9 heteroatoms. The van der Waals surface area contributed by atoms with Crippen LogP contribution in [0.2, 0.25) is 5.02 Å². The number of hydrogen-bond donors (Lipinski definition) is 2. The van der Waals surface area contributed by atoms with Gasteiger partial charge >= 0.3 is 0 Å². The number of nitrogens with zero attached hydrogens (tertiary/aromatic N) is 4. The van der Waals surface area contributed by atoms with Crippen molar-refractivity contribution in [3.05, 3.63) is 29.3 Å². The zero-order valence-corrected chi connectivity index (χ0v) is 15.7. The first-order valence-electron chi connectivity index (χ1n) is 8.34. The highest BCUT2D eigenvalue weighted by atomic mass is 35.5. The summed E-state index contributed by atoms with van der Waals surface area (Å²) in [4.78, 5) is 12.3. The van der Waals surface area contributed by atoms with Gasteiger partial charge in [0.05, 0.1) is 11.8 Å². The first-order valence-corrected chi connectivity index (χ1v) is 9.71. The van der Waals surface area contributed by atoms with Gasteiger partial charge in [0.2, 0.25) is 11.1 Å². The van der Waals surface area contributed by atoms with Gasteiger partial charge in [0, 0.05) is 10.6 Å². The summed E-state index contributed by atoms with van der Waals surface area (Å²) >= 11 is 7.07. The van der Waals surface area contributed by atoms with Gasteiger partial charge in [-0.3, -0.25) is 4.79 Å². The number of nitrogens with one attached hydrogen (secondary N) is 1. The summed E-state index contributed by atoms with van der Waals surface area (Å²) in [6, 6.07) is 9.38. The molecule has 7 nitrogen and oxygen atoms in total. The average Bonchev–Trinajstić information content (AvgIpc) is 3.02. The molecule has 0 saturated heterocycles. The summed E-state index contributed by atoms with van der Waals surface area (Å²) in [5, 5.41) is 21.5. The van der Waals surface area contributed by atoms with Gasteiger partial charge < -0.3 is 11.2 Å². The van der Waals surface area contributed by atoms with Gasteiger partial charge in [0.25, 0.3) is 0 Å². The van der Waals surface area contributed by atoms with Gasteiger partial charge in [-0.2, -0.15) is 5.26 Å². The van der Waals surface area contributed by atoms with Crippen molar-refractivity contribution in [2.75, 3.05) is 11.6 Å². The Morgan fingerprint density at radius 2 is 2.00 bits per heavy atom. The van der Waals surface area contributed by atoms with E-state index in [2.05, 4.69) is 21.6 Å². The molecular weight excluding hydrogens is 372 g/mol. The SMILES string of the molecule is N#CC1(NC(=O)CSc2nnc(-c3ccc(Cl)cc3)n2N)CCCCC1. The third-order valence-electron chi connectivity index (χ3n) is 4.40. The standard InChI is InChI=1S/C17H19ClN6OS/c18-13-6-4-12(5-7-13)15-22-23-16(24(15)20)26-10-14(25)21-17(11-19)8-2-1-3-9-17/h4-7H,1-3,8-10,20H2,(H,21,25). The molecule has 0 radical (unpaired) electrons. The van der Waals surface area contributed by atoms with Crippen molar-refractivity contribution in [2.45, 2.75) is 42.8 Å². The number of aromatic nitrogens is 3. The summed E-state index contributed by atoms with van der Waals surface area (Å²) in [5.41, 5.74) is 0.0483. The van der Waals surface area contributed by atoms with Crippen LogP contribution in [0.5, 0.6) is 0 Å². The van der Waals surface area contributed by atoms with Crippen molar-refractivity contribution in [1.82, 2.24) is 20.2 Å². The smallest absolute Gasteiger partial charge is 0.231 e. The second-order valence-electron chi connectivity index (χ2n) is 6.27. The van der Waals surface area contributed by atoms with Crippen molar-refractivity contribution in [1.29, 1.82) is 5.26 Å². The minimum atomic E-state index is -0.735. The van der Waals surface area contributed by atoms with Gasteiger partial charge in [0.1, 0.15) is 5.54 Å². The first kappa shape index (κ1) is 18.5. The molecule has 1 aromatic carbocycles. The Morgan fingerprint density at radius 3 is 2.65 bits per heavy atom. The Hall–Kier alpha value is -2.24. The molecule has 136 valence electrons. The molecule has 3 rings (SSSR count). The summed E-state index contributed by atoms with van der Waals surface area (Å²) < 4.78 is 1.35. The molecule has 0 spiro atoms. The molecule has 3 N–H and O–H groups in total. The number of carbonyl (C=O) groups excluding carboxylic acids is 1. The van der Waals surface area contributed by atoms with E-state index in [1.165, 1.54) is 16.4 Å². The highest BCUT2D eigenvalue weighted by molar-refractivity contribution is 7.99. The van der Waals surface area contributed by atoms with Crippen LogP contribution in [0.3, 0.4) is 0 Å². The minimum Gasteiger partial charge on any atom is -0.337 e. The van der Waals surface area contributed by atoms with Gasteiger partial charge in [0.15, 0.2) is 5.82 Å². The normalized spacial score (nSPS) is 16.0. The molecule has 0 unspecified atom stereocenters. The van der Waals surface area contributed by atoms with E-state index < -0.39 is 5.54 Å². The number of thioether (sulfide) groups is 1. The molecule has 1 aliphatic rings.